The highest BCUT2D eigenvalue weighted by Crippen LogP contribution is 2.20. The molecule has 1 N–H and O–H groups in total. The predicted octanol–water partition coefficient (Wildman–Crippen LogP) is 2.67. The van der Waals surface area contributed by atoms with E-state index in [4.69, 9.17) is 4.52 Å². The van der Waals surface area contributed by atoms with E-state index in [0.29, 0.717) is 18.0 Å². The van der Waals surface area contributed by atoms with E-state index in [0.717, 1.165) is 18.5 Å². The quantitative estimate of drug-likeness (QED) is 0.710. The molecule has 0 radical (unpaired) electrons. The lowest BCUT2D eigenvalue weighted by Gasteiger charge is -2.03. The van der Waals surface area contributed by atoms with Gasteiger partial charge in [-0.15, -0.1) is 0 Å². The number of hydrogen-bond acceptors (Lipinski definition) is 4. The zero-order valence-electron chi connectivity index (χ0n) is 12.9. The van der Waals surface area contributed by atoms with Gasteiger partial charge in [-0.05, 0) is 19.4 Å². The molecule has 0 aliphatic heterocycles. The van der Waals surface area contributed by atoms with Gasteiger partial charge < -0.3 is 9.84 Å². The molecule has 0 saturated carbocycles. The Hall–Kier alpha value is -2.89. The molecule has 0 bridgehead atoms. The normalized spacial score (nSPS) is 10.7. The Bertz CT molecular complexity index is 760. The smallest absolute Gasteiger partial charge is 0.273 e. The minimum absolute atomic E-state index is 0.229. The van der Waals surface area contributed by atoms with Crippen molar-refractivity contribution in [3.63, 3.8) is 0 Å². The summed E-state index contributed by atoms with van der Waals surface area (Å²) in [7, 11) is 0. The molecule has 6 heteroatoms. The van der Waals surface area contributed by atoms with Gasteiger partial charge in [-0.2, -0.15) is 5.10 Å². The van der Waals surface area contributed by atoms with Gasteiger partial charge in [0.2, 0.25) is 0 Å². The number of aromatic nitrogens is 3. The Morgan fingerprint density at radius 1 is 1.30 bits per heavy atom. The maximum Gasteiger partial charge on any atom is 0.273 e. The summed E-state index contributed by atoms with van der Waals surface area (Å²) < 4.78 is 7.08. The second-order valence-corrected chi connectivity index (χ2v) is 5.32. The number of amides is 1. The fraction of sp³-hybridized carbons (Fsp3) is 0.235. The average Bonchev–Trinajstić information content (AvgIpc) is 3.24. The first kappa shape index (κ1) is 15.0. The second kappa shape index (κ2) is 6.91. The van der Waals surface area contributed by atoms with Gasteiger partial charge in [-0.25, -0.2) is 0 Å². The third-order valence-corrected chi connectivity index (χ3v) is 3.49. The molecule has 0 aliphatic rings. The summed E-state index contributed by atoms with van der Waals surface area (Å²) in [5.41, 5.74) is 2.36. The Morgan fingerprint density at radius 3 is 2.87 bits per heavy atom. The van der Waals surface area contributed by atoms with Gasteiger partial charge in [0.1, 0.15) is 0 Å². The fourth-order valence-electron chi connectivity index (χ4n) is 2.20. The van der Waals surface area contributed by atoms with E-state index >= 15 is 0 Å². The largest absolute Gasteiger partial charge is 0.355 e. The molecule has 1 aromatic carbocycles. The molecule has 0 atom stereocenters. The number of aryl methyl sites for hydroxylation is 2. The molecule has 1 amide bonds. The van der Waals surface area contributed by atoms with Crippen molar-refractivity contribution in [1.82, 2.24) is 20.3 Å². The third kappa shape index (κ3) is 3.85. The Labute approximate surface area is 134 Å². The number of nitrogens with one attached hydrogen (secondary N) is 1. The SMILES string of the molecule is Cc1ccc(-c2cc(C(=O)NCCCn3cccn3)no2)cc1. The van der Waals surface area contributed by atoms with Crippen molar-refractivity contribution in [2.45, 2.75) is 19.9 Å². The van der Waals surface area contributed by atoms with Crippen LogP contribution >= 0.6 is 0 Å². The van der Waals surface area contributed by atoms with Crippen LogP contribution in [-0.4, -0.2) is 27.4 Å². The maximum absolute atomic E-state index is 12.0. The van der Waals surface area contributed by atoms with Gasteiger partial charge >= 0.3 is 0 Å². The molecule has 118 valence electrons. The Morgan fingerprint density at radius 2 is 2.13 bits per heavy atom. The fourth-order valence-corrected chi connectivity index (χ4v) is 2.20. The highest BCUT2D eigenvalue weighted by molar-refractivity contribution is 5.93. The monoisotopic (exact) mass is 310 g/mol. The predicted molar refractivity (Wildman–Crippen MR) is 85.9 cm³/mol. The van der Waals surface area contributed by atoms with E-state index in [1.165, 1.54) is 5.56 Å². The zero-order chi connectivity index (χ0) is 16.1. The molecular weight excluding hydrogens is 292 g/mol. The molecule has 0 unspecified atom stereocenters. The molecule has 3 rings (SSSR count). The lowest BCUT2D eigenvalue weighted by Crippen LogP contribution is -2.25. The van der Waals surface area contributed by atoms with Crippen molar-refractivity contribution in [1.29, 1.82) is 0 Å². The van der Waals surface area contributed by atoms with Crippen LogP contribution in [0.2, 0.25) is 0 Å². The van der Waals surface area contributed by atoms with Crippen LogP contribution in [0.25, 0.3) is 11.3 Å². The molecule has 6 nitrogen and oxygen atoms in total. The number of rotatable bonds is 6. The van der Waals surface area contributed by atoms with E-state index in [1.807, 2.05) is 48.1 Å². The topological polar surface area (TPSA) is 73.0 Å². The molecule has 0 fully saturated rings. The summed E-state index contributed by atoms with van der Waals surface area (Å²) in [6.07, 6.45) is 4.43. The van der Waals surface area contributed by atoms with Crippen LogP contribution in [0.1, 0.15) is 22.5 Å². The summed E-state index contributed by atoms with van der Waals surface area (Å²) >= 11 is 0. The first-order valence-electron chi connectivity index (χ1n) is 7.52. The Kier molecular flexibility index (Phi) is 4.52. The Balaban J connectivity index is 1.52. The second-order valence-electron chi connectivity index (χ2n) is 5.32. The first-order chi connectivity index (χ1) is 11.2. The van der Waals surface area contributed by atoms with Crippen LogP contribution in [0.15, 0.2) is 53.3 Å². The van der Waals surface area contributed by atoms with Gasteiger partial charge in [-0.1, -0.05) is 35.0 Å². The molecule has 2 heterocycles. The third-order valence-electron chi connectivity index (χ3n) is 3.49. The van der Waals surface area contributed by atoms with E-state index in [9.17, 15) is 4.79 Å². The molecule has 23 heavy (non-hydrogen) atoms. The molecule has 0 aliphatic carbocycles. The van der Waals surface area contributed by atoms with Crippen molar-refractivity contribution in [2.75, 3.05) is 6.54 Å². The van der Waals surface area contributed by atoms with Gasteiger partial charge in [-0.3, -0.25) is 9.48 Å². The van der Waals surface area contributed by atoms with Crippen LogP contribution in [0.4, 0.5) is 0 Å². The molecule has 3 aromatic rings. The number of nitrogens with zero attached hydrogens (tertiary/aromatic N) is 3. The van der Waals surface area contributed by atoms with Crippen molar-refractivity contribution in [2.24, 2.45) is 0 Å². The van der Waals surface area contributed by atoms with Crippen molar-refractivity contribution in [3.05, 3.63) is 60.0 Å². The van der Waals surface area contributed by atoms with Gasteiger partial charge in [0.05, 0.1) is 0 Å². The van der Waals surface area contributed by atoms with Crippen molar-refractivity contribution < 1.29 is 9.32 Å². The van der Waals surface area contributed by atoms with E-state index in [-0.39, 0.29) is 5.91 Å². The maximum atomic E-state index is 12.0. The summed E-state index contributed by atoms with van der Waals surface area (Å²) in [5.74, 6) is 0.360. The summed E-state index contributed by atoms with van der Waals surface area (Å²) in [6, 6.07) is 11.4. The van der Waals surface area contributed by atoms with Gasteiger partial charge in [0.25, 0.3) is 5.91 Å². The van der Waals surface area contributed by atoms with E-state index in [1.54, 1.807) is 12.3 Å². The zero-order valence-corrected chi connectivity index (χ0v) is 12.9. The minimum Gasteiger partial charge on any atom is -0.355 e. The van der Waals surface area contributed by atoms with E-state index < -0.39 is 0 Å². The first-order valence-corrected chi connectivity index (χ1v) is 7.52. The van der Waals surface area contributed by atoms with Crippen LogP contribution in [0.5, 0.6) is 0 Å². The summed E-state index contributed by atoms with van der Waals surface area (Å²) in [6.45, 7) is 3.35. The molecular formula is C17H18N4O2. The summed E-state index contributed by atoms with van der Waals surface area (Å²) in [4.78, 5) is 12.0. The number of hydrogen-bond donors (Lipinski definition) is 1. The molecule has 0 saturated heterocycles. The lowest BCUT2D eigenvalue weighted by molar-refractivity contribution is 0.0943. The number of benzene rings is 1. The van der Waals surface area contributed by atoms with Gasteiger partial charge in [0.15, 0.2) is 11.5 Å². The van der Waals surface area contributed by atoms with Gasteiger partial charge in [0, 0.05) is 37.1 Å². The average molecular weight is 310 g/mol. The van der Waals surface area contributed by atoms with Crippen LogP contribution in [0, 0.1) is 6.92 Å². The number of carbonyl (C=O) groups excluding carboxylic acids is 1. The lowest BCUT2D eigenvalue weighted by atomic mass is 10.1. The van der Waals surface area contributed by atoms with Crippen LogP contribution in [0.3, 0.4) is 0 Å². The van der Waals surface area contributed by atoms with E-state index in [2.05, 4.69) is 15.6 Å². The highest BCUT2D eigenvalue weighted by Gasteiger charge is 2.13. The standard InChI is InChI=1S/C17H18N4O2/c1-13-4-6-14(7-5-13)16-12-15(20-23-16)17(22)18-8-2-10-21-11-3-9-19-21/h3-7,9,11-12H,2,8,10H2,1H3,(H,18,22). The molecule has 0 spiro atoms. The van der Waals surface area contributed by atoms with Crippen molar-refractivity contribution in [3.8, 4) is 11.3 Å². The van der Waals surface area contributed by atoms with Crippen LogP contribution in [-0.2, 0) is 6.54 Å². The minimum atomic E-state index is -0.229. The highest BCUT2D eigenvalue weighted by atomic mass is 16.5. The molecule has 2 aromatic heterocycles. The number of carbonyl (C=O) groups is 1. The van der Waals surface area contributed by atoms with Crippen LogP contribution < -0.4 is 5.32 Å². The summed E-state index contributed by atoms with van der Waals surface area (Å²) in [5, 5.41) is 10.8. The van der Waals surface area contributed by atoms with Crippen molar-refractivity contribution >= 4 is 5.91 Å².